The van der Waals surface area contributed by atoms with Crippen molar-refractivity contribution in [3.63, 3.8) is 0 Å². The monoisotopic (exact) mass is 192 g/mol. The fourth-order valence-electron chi connectivity index (χ4n) is 1.42. The average molecular weight is 192 g/mol. The summed E-state index contributed by atoms with van der Waals surface area (Å²) < 4.78 is 17.8. The fourth-order valence-corrected chi connectivity index (χ4v) is 1.42. The number of halogens is 1. The van der Waals surface area contributed by atoms with Crippen LogP contribution in [0.15, 0.2) is 27.4 Å². The van der Waals surface area contributed by atoms with Crippen molar-refractivity contribution in [2.24, 2.45) is 0 Å². The maximum atomic E-state index is 12.8. The van der Waals surface area contributed by atoms with Gasteiger partial charge in [-0.3, -0.25) is 0 Å². The van der Waals surface area contributed by atoms with E-state index in [9.17, 15) is 9.18 Å². The second kappa shape index (κ2) is 2.94. The highest BCUT2D eigenvalue weighted by Gasteiger charge is 2.07. The Kier molecular flexibility index (Phi) is 1.88. The largest absolute Gasteiger partial charge is 0.422 e. The molecule has 0 spiro atoms. The van der Waals surface area contributed by atoms with Crippen LogP contribution in [-0.2, 0) is 0 Å². The highest BCUT2D eigenvalue weighted by Crippen LogP contribution is 2.19. The molecule has 0 atom stereocenters. The molecule has 1 heterocycles. The lowest BCUT2D eigenvalue weighted by Gasteiger charge is -2.02. The maximum absolute atomic E-state index is 12.8. The molecule has 3 heteroatoms. The molecule has 0 amide bonds. The van der Waals surface area contributed by atoms with Crippen molar-refractivity contribution in [2.45, 2.75) is 13.8 Å². The number of benzene rings is 1. The number of rotatable bonds is 0. The average Bonchev–Trinajstić information content (AvgIpc) is 2.14. The molecular weight excluding hydrogens is 183 g/mol. The van der Waals surface area contributed by atoms with Gasteiger partial charge in [-0.05, 0) is 31.5 Å². The van der Waals surface area contributed by atoms with Crippen LogP contribution in [0.1, 0.15) is 11.1 Å². The minimum absolute atomic E-state index is 0.304. The van der Waals surface area contributed by atoms with Gasteiger partial charge in [-0.1, -0.05) is 0 Å². The molecule has 0 saturated heterocycles. The number of hydrogen-bond donors (Lipinski definition) is 0. The Morgan fingerprint density at radius 1 is 1.21 bits per heavy atom. The zero-order valence-corrected chi connectivity index (χ0v) is 7.93. The summed E-state index contributed by atoms with van der Waals surface area (Å²) >= 11 is 0. The molecule has 0 aliphatic heterocycles. The number of aryl methyl sites for hydroxylation is 1. The summed E-state index contributed by atoms with van der Waals surface area (Å²) in [5.74, 6) is -0.399. The normalized spacial score (nSPS) is 10.8. The van der Waals surface area contributed by atoms with Crippen molar-refractivity contribution in [2.75, 3.05) is 0 Å². The Morgan fingerprint density at radius 2 is 1.93 bits per heavy atom. The highest BCUT2D eigenvalue weighted by molar-refractivity contribution is 5.80. The Balaban J connectivity index is 2.98. The van der Waals surface area contributed by atoms with Gasteiger partial charge in [-0.25, -0.2) is 9.18 Å². The van der Waals surface area contributed by atoms with Crippen molar-refractivity contribution in [3.8, 4) is 0 Å². The molecule has 2 rings (SSSR count). The number of fused-ring (bicyclic) bond motifs is 1. The Hall–Kier alpha value is -1.64. The third-order valence-electron chi connectivity index (χ3n) is 2.42. The van der Waals surface area contributed by atoms with Gasteiger partial charge in [0.05, 0.1) is 0 Å². The molecule has 0 radical (unpaired) electrons. The van der Waals surface area contributed by atoms with E-state index >= 15 is 0 Å². The Labute approximate surface area is 80.0 Å². The van der Waals surface area contributed by atoms with Gasteiger partial charge in [0.15, 0.2) is 0 Å². The molecule has 2 nitrogen and oxygen atoms in total. The summed E-state index contributed by atoms with van der Waals surface area (Å²) in [5, 5.41) is 0.781. The Bertz CT molecular complexity index is 555. The SMILES string of the molecule is Cc1c(C)c2ccc(F)cc2oc1=O. The lowest BCUT2D eigenvalue weighted by molar-refractivity contribution is 0.547. The van der Waals surface area contributed by atoms with Crippen molar-refractivity contribution < 1.29 is 8.81 Å². The van der Waals surface area contributed by atoms with Crippen LogP contribution in [0.4, 0.5) is 4.39 Å². The van der Waals surface area contributed by atoms with Crippen molar-refractivity contribution in [3.05, 3.63) is 45.6 Å². The van der Waals surface area contributed by atoms with Crippen molar-refractivity contribution in [1.29, 1.82) is 0 Å². The van der Waals surface area contributed by atoms with E-state index < -0.39 is 11.4 Å². The van der Waals surface area contributed by atoms with E-state index in [1.807, 2.05) is 6.92 Å². The van der Waals surface area contributed by atoms with E-state index in [4.69, 9.17) is 4.42 Å². The first-order chi connectivity index (χ1) is 6.59. The lowest BCUT2D eigenvalue weighted by atomic mass is 10.1. The van der Waals surface area contributed by atoms with Gasteiger partial charge >= 0.3 is 5.63 Å². The zero-order chi connectivity index (χ0) is 10.3. The molecule has 0 aliphatic carbocycles. The predicted octanol–water partition coefficient (Wildman–Crippen LogP) is 2.55. The van der Waals surface area contributed by atoms with Gasteiger partial charge in [0.2, 0.25) is 0 Å². The van der Waals surface area contributed by atoms with Crippen molar-refractivity contribution >= 4 is 11.0 Å². The molecule has 0 saturated carbocycles. The van der Waals surface area contributed by atoms with E-state index in [0.717, 1.165) is 10.9 Å². The zero-order valence-electron chi connectivity index (χ0n) is 7.93. The second-order valence-electron chi connectivity index (χ2n) is 3.28. The minimum Gasteiger partial charge on any atom is -0.422 e. The van der Waals surface area contributed by atoms with Crippen molar-refractivity contribution in [1.82, 2.24) is 0 Å². The quantitative estimate of drug-likeness (QED) is 0.600. The maximum Gasteiger partial charge on any atom is 0.339 e. The molecule has 0 fully saturated rings. The van der Waals surface area contributed by atoms with E-state index in [1.165, 1.54) is 12.1 Å². The summed E-state index contributed by atoms with van der Waals surface area (Å²) in [4.78, 5) is 11.3. The van der Waals surface area contributed by atoms with Gasteiger partial charge in [0.25, 0.3) is 0 Å². The molecule has 0 aliphatic rings. The first-order valence-electron chi connectivity index (χ1n) is 4.29. The van der Waals surface area contributed by atoms with Crippen LogP contribution in [0.3, 0.4) is 0 Å². The van der Waals surface area contributed by atoms with Gasteiger partial charge < -0.3 is 4.42 Å². The summed E-state index contributed by atoms with van der Waals surface area (Å²) in [5.41, 5.74) is 1.32. The molecule has 2 aromatic rings. The third kappa shape index (κ3) is 1.21. The Morgan fingerprint density at radius 3 is 2.64 bits per heavy atom. The topological polar surface area (TPSA) is 30.2 Å². The van der Waals surface area contributed by atoms with Crippen LogP contribution in [0.5, 0.6) is 0 Å². The van der Waals surface area contributed by atoms with E-state index in [2.05, 4.69) is 0 Å². The van der Waals surface area contributed by atoms with Crippen LogP contribution in [0.2, 0.25) is 0 Å². The molecule has 0 N–H and O–H groups in total. The van der Waals surface area contributed by atoms with Gasteiger partial charge in [-0.15, -0.1) is 0 Å². The van der Waals surface area contributed by atoms with Crippen LogP contribution in [-0.4, -0.2) is 0 Å². The van der Waals surface area contributed by atoms with Gasteiger partial charge in [-0.2, -0.15) is 0 Å². The second-order valence-corrected chi connectivity index (χ2v) is 3.28. The van der Waals surface area contributed by atoms with Crippen LogP contribution >= 0.6 is 0 Å². The van der Waals surface area contributed by atoms with E-state index in [0.29, 0.717) is 11.1 Å². The molecule has 0 unspecified atom stereocenters. The van der Waals surface area contributed by atoms with Gasteiger partial charge in [0, 0.05) is 17.0 Å². The summed E-state index contributed by atoms with van der Waals surface area (Å²) in [6, 6.07) is 4.20. The predicted molar refractivity (Wildman–Crippen MR) is 51.9 cm³/mol. The smallest absolute Gasteiger partial charge is 0.339 e. The van der Waals surface area contributed by atoms with Crippen LogP contribution < -0.4 is 5.63 Å². The van der Waals surface area contributed by atoms with E-state index in [1.54, 1.807) is 13.0 Å². The van der Waals surface area contributed by atoms with E-state index in [-0.39, 0.29) is 0 Å². The molecule has 1 aromatic carbocycles. The molecule has 1 aromatic heterocycles. The summed E-state index contributed by atoms with van der Waals surface area (Å²) in [6.45, 7) is 3.52. The van der Waals surface area contributed by atoms with Crippen LogP contribution in [0.25, 0.3) is 11.0 Å². The standard InChI is InChI=1S/C11H9FO2/c1-6-7(2)11(13)14-10-5-8(12)3-4-9(6)10/h3-5H,1-2H3. The molecular formula is C11H9FO2. The summed E-state index contributed by atoms with van der Waals surface area (Å²) in [6.07, 6.45) is 0. The first kappa shape index (κ1) is 8.94. The fraction of sp³-hybridized carbons (Fsp3) is 0.182. The third-order valence-corrected chi connectivity index (χ3v) is 2.42. The van der Waals surface area contributed by atoms with Crippen LogP contribution in [0, 0.1) is 19.7 Å². The molecule has 0 bridgehead atoms. The number of hydrogen-bond acceptors (Lipinski definition) is 2. The minimum atomic E-state index is -0.402. The summed E-state index contributed by atoms with van der Waals surface area (Å²) in [7, 11) is 0. The highest BCUT2D eigenvalue weighted by atomic mass is 19.1. The molecule has 14 heavy (non-hydrogen) atoms. The lowest BCUT2D eigenvalue weighted by Crippen LogP contribution is -2.05. The molecule has 72 valence electrons. The van der Waals surface area contributed by atoms with Gasteiger partial charge in [0.1, 0.15) is 11.4 Å². The first-order valence-corrected chi connectivity index (χ1v) is 4.29.